The Morgan fingerprint density at radius 3 is 2.78 bits per heavy atom. The summed E-state index contributed by atoms with van der Waals surface area (Å²) in [5.41, 5.74) is 6.59. The number of likely N-dealkylation sites (tertiary alicyclic amines) is 1. The quantitative estimate of drug-likeness (QED) is 0.917. The van der Waals surface area contributed by atoms with Crippen molar-refractivity contribution in [1.29, 1.82) is 0 Å². The molecule has 4 heteroatoms. The van der Waals surface area contributed by atoms with E-state index in [-0.39, 0.29) is 18.2 Å². The summed E-state index contributed by atoms with van der Waals surface area (Å²) < 4.78 is 13.6. The van der Waals surface area contributed by atoms with Gasteiger partial charge in [-0.25, -0.2) is 4.39 Å². The molecule has 1 aromatic carbocycles. The second kappa shape index (κ2) is 7.07. The summed E-state index contributed by atoms with van der Waals surface area (Å²) in [5, 5.41) is 0. The molecule has 1 aliphatic rings. The average molecular weight is 273 g/mol. The summed E-state index contributed by atoms with van der Waals surface area (Å²) in [6.07, 6.45) is 2.32. The molecule has 2 unspecified atom stereocenters. The Kier molecular flexibility index (Phi) is 6.06. The summed E-state index contributed by atoms with van der Waals surface area (Å²) in [4.78, 5) is 2.32. The van der Waals surface area contributed by atoms with Gasteiger partial charge in [0.1, 0.15) is 5.82 Å². The van der Waals surface area contributed by atoms with Crippen LogP contribution in [0.5, 0.6) is 0 Å². The van der Waals surface area contributed by atoms with Gasteiger partial charge in [0, 0.05) is 24.7 Å². The standard InChI is InChI=1S/C14H21FN2.ClH/c1-11-6-7-17(13(8-11)9-16)10-12-4-2-3-5-14(12)15;/h2-5,11,13H,6-10,16H2,1H3;1H. The third-order valence-electron chi connectivity index (χ3n) is 3.70. The predicted octanol–water partition coefficient (Wildman–Crippen LogP) is 2.81. The van der Waals surface area contributed by atoms with Crippen LogP contribution in [-0.2, 0) is 6.54 Å². The summed E-state index contributed by atoms with van der Waals surface area (Å²) >= 11 is 0. The van der Waals surface area contributed by atoms with Gasteiger partial charge < -0.3 is 5.73 Å². The highest BCUT2D eigenvalue weighted by Crippen LogP contribution is 2.24. The molecule has 1 aromatic rings. The predicted molar refractivity (Wildman–Crippen MR) is 75.3 cm³/mol. The molecule has 0 aliphatic carbocycles. The van der Waals surface area contributed by atoms with Crippen molar-refractivity contribution in [2.24, 2.45) is 11.7 Å². The number of hydrogen-bond donors (Lipinski definition) is 1. The molecule has 1 aliphatic heterocycles. The van der Waals surface area contributed by atoms with Crippen LogP contribution in [0.25, 0.3) is 0 Å². The van der Waals surface area contributed by atoms with Gasteiger partial charge in [-0.2, -0.15) is 0 Å². The minimum Gasteiger partial charge on any atom is -0.329 e. The second-order valence-electron chi connectivity index (χ2n) is 5.08. The Hall–Kier alpha value is -0.640. The van der Waals surface area contributed by atoms with Crippen molar-refractivity contribution in [1.82, 2.24) is 4.90 Å². The minimum atomic E-state index is -0.109. The molecule has 0 amide bonds. The molecule has 2 N–H and O–H groups in total. The molecule has 0 spiro atoms. The summed E-state index contributed by atoms with van der Waals surface area (Å²) in [7, 11) is 0. The zero-order valence-electron chi connectivity index (χ0n) is 10.8. The van der Waals surface area contributed by atoms with E-state index in [2.05, 4.69) is 11.8 Å². The molecule has 18 heavy (non-hydrogen) atoms. The Morgan fingerprint density at radius 2 is 2.11 bits per heavy atom. The van der Waals surface area contributed by atoms with Crippen LogP contribution >= 0.6 is 12.4 Å². The zero-order chi connectivity index (χ0) is 12.3. The van der Waals surface area contributed by atoms with Gasteiger partial charge in [0.25, 0.3) is 0 Å². The molecule has 2 nitrogen and oxygen atoms in total. The second-order valence-corrected chi connectivity index (χ2v) is 5.08. The zero-order valence-corrected chi connectivity index (χ0v) is 11.6. The van der Waals surface area contributed by atoms with E-state index in [1.54, 1.807) is 6.07 Å². The summed E-state index contributed by atoms with van der Waals surface area (Å²) in [6, 6.07) is 7.42. The molecular weight excluding hydrogens is 251 g/mol. The number of rotatable bonds is 3. The van der Waals surface area contributed by atoms with Crippen LogP contribution in [0, 0.1) is 11.7 Å². The maximum atomic E-state index is 13.6. The number of piperidine rings is 1. The number of nitrogens with zero attached hydrogens (tertiary/aromatic N) is 1. The fraction of sp³-hybridized carbons (Fsp3) is 0.571. The fourth-order valence-electron chi connectivity index (χ4n) is 2.60. The monoisotopic (exact) mass is 272 g/mol. The van der Waals surface area contributed by atoms with Crippen LogP contribution in [-0.4, -0.2) is 24.0 Å². The molecule has 0 aromatic heterocycles. The largest absolute Gasteiger partial charge is 0.329 e. The fourth-order valence-corrected chi connectivity index (χ4v) is 2.60. The highest BCUT2D eigenvalue weighted by molar-refractivity contribution is 5.85. The van der Waals surface area contributed by atoms with Crippen LogP contribution in [0.1, 0.15) is 25.3 Å². The first-order chi connectivity index (χ1) is 8.20. The molecule has 2 atom stereocenters. The van der Waals surface area contributed by atoms with E-state index >= 15 is 0 Å². The van der Waals surface area contributed by atoms with Crippen molar-refractivity contribution in [3.8, 4) is 0 Å². The van der Waals surface area contributed by atoms with Crippen LogP contribution in [0.4, 0.5) is 4.39 Å². The third kappa shape index (κ3) is 3.67. The van der Waals surface area contributed by atoms with Crippen LogP contribution in [0.3, 0.4) is 0 Å². The minimum absolute atomic E-state index is 0. The Labute approximate surface area is 115 Å². The Balaban J connectivity index is 0.00000162. The van der Waals surface area contributed by atoms with Gasteiger partial charge in [0.15, 0.2) is 0 Å². The van der Waals surface area contributed by atoms with Gasteiger partial charge in [0.2, 0.25) is 0 Å². The van der Waals surface area contributed by atoms with Gasteiger partial charge in [-0.15, -0.1) is 12.4 Å². The molecule has 1 saturated heterocycles. The van der Waals surface area contributed by atoms with E-state index in [0.29, 0.717) is 19.1 Å². The van der Waals surface area contributed by atoms with Crippen molar-refractivity contribution in [3.63, 3.8) is 0 Å². The highest BCUT2D eigenvalue weighted by atomic mass is 35.5. The number of benzene rings is 1. The molecule has 0 bridgehead atoms. The molecule has 0 saturated carbocycles. The summed E-state index contributed by atoms with van der Waals surface area (Å²) in [6.45, 7) is 4.64. The van der Waals surface area contributed by atoms with Crippen molar-refractivity contribution in [2.45, 2.75) is 32.4 Å². The maximum Gasteiger partial charge on any atom is 0.127 e. The first kappa shape index (κ1) is 15.4. The first-order valence-corrected chi connectivity index (χ1v) is 6.38. The van der Waals surface area contributed by atoms with E-state index in [9.17, 15) is 4.39 Å². The number of hydrogen-bond acceptors (Lipinski definition) is 2. The van der Waals surface area contributed by atoms with E-state index < -0.39 is 0 Å². The topological polar surface area (TPSA) is 29.3 Å². The lowest BCUT2D eigenvalue weighted by Gasteiger charge is -2.38. The van der Waals surface area contributed by atoms with Gasteiger partial charge in [-0.3, -0.25) is 4.90 Å². The Bertz CT molecular complexity index is 373. The van der Waals surface area contributed by atoms with E-state index in [1.807, 2.05) is 12.1 Å². The van der Waals surface area contributed by atoms with Gasteiger partial charge in [0.05, 0.1) is 0 Å². The maximum absolute atomic E-state index is 13.6. The third-order valence-corrected chi connectivity index (χ3v) is 3.70. The van der Waals surface area contributed by atoms with Gasteiger partial charge in [-0.05, 0) is 31.4 Å². The number of halogens is 2. The summed E-state index contributed by atoms with van der Waals surface area (Å²) in [5.74, 6) is 0.627. The lowest BCUT2D eigenvalue weighted by Crippen LogP contribution is -2.45. The number of nitrogens with two attached hydrogens (primary N) is 1. The van der Waals surface area contributed by atoms with Crippen LogP contribution in [0.15, 0.2) is 24.3 Å². The molecule has 1 heterocycles. The van der Waals surface area contributed by atoms with E-state index in [4.69, 9.17) is 5.73 Å². The lowest BCUT2D eigenvalue weighted by atomic mass is 9.92. The van der Waals surface area contributed by atoms with Crippen molar-refractivity contribution in [3.05, 3.63) is 35.6 Å². The SMILES string of the molecule is CC1CCN(Cc2ccccc2F)C(CN)C1.Cl. The first-order valence-electron chi connectivity index (χ1n) is 6.38. The van der Waals surface area contributed by atoms with E-state index in [0.717, 1.165) is 24.4 Å². The lowest BCUT2D eigenvalue weighted by molar-refractivity contribution is 0.114. The molecular formula is C14H22ClFN2. The van der Waals surface area contributed by atoms with Gasteiger partial charge in [-0.1, -0.05) is 25.1 Å². The van der Waals surface area contributed by atoms with Gasteiger partial charge >= 0.3 is 0 Å². The Morgan fingerprint density at radius 1 is 1.39 bits per heavy atom. The van der Waals surface area contributed by atoms with Crippen molar-refractivity contribution < 1.29 is 4.39 Å². The van der Waals surface area contributed by atoms with Crippen molar-refractivity contribution in [2.75, 3.05) is 13.1 Å². The molecule has 2 rings (SSSR count). The molecule has 102 valence electrons. The molecule has 1 fully saturated rings. The normalized spacial score (nSPS) is 24.6. The van der Waals surface area contributed by atoms with E-state index in [1.165, 1.54) is 12.5 Å². The van der Waals surface area contributed by atoms with Crippen LogP contribution < -0.4 is 5.73 Å². The van der Waals surface area contributed by atoms with Crippen molar-refractivity contribution >= 4 is 12.4 Å². The average Bonchev–Trinajstić information content (AvgIpc) is 2.34. The smallest absolute Gasteiger partial charge is 0.127 e. The highest BCUT2D eigenvalue weighted by Gasteiger charge is 2.25. The van der Waals surface area contributed by atoms with Crippen LogP contribution in [0.2, 0.25) is 0 Å². The molecule has 0 radical (unpaired) electrons.